The van der Waals surface area contributed by atoms with Crippen molar-refractivity contribution in [3.05, 3.63) is 46.7 Å². The average Bonchev–Trinajstić information content (AvgIpc) is 3.39. The molecular weight excluding hydrogens is 346 g/mol. The number of benzene rings is 1. The average molecular weight is 366 g/mol. The van der Waals surface area contributed by atoms with Crippen LogP contribution < -0.4 is 5.32 Å². The summed E-state index contributed by atoms with van der Waals surface area (Å²) >= 11 is 0. The summed E-state index contributed by atoms with van der Waals surface area (Å²) in [5, 5.41) is 2.55. The molecule has 1 heterocycles. The Morgan fingerprint density at radius 2 is 1.92 bits per heavy atom. The minimum atomic E-state index is -1.26. The van der Waals surface area contributed by atoms with Gasteiger partial charge in [-0.05, 0) is 31.9 Å². The minimum absolute atomic E-state index is 0.00401. The van der Waals surface area contributed by atoms with Crippen LogP contribution in [0.5, 0.6) is 0 Å². The van der Waals surface area contributed by atoms with Gasteiger partial charge in [-0.25, -0.2) is 18.4 Å². The van der Waals surface area contributed by atoms with Gasteiger partial charge < -0.3 is 14.8 Å². The first-order valence-electron chi connectivity index (χ1n) is 8.36. The van der Waals surface area contributed by atoms with E-state index in [0.717, 1.165) is 25.0 Å². The smallest absolute Gasteiger partial charge is 0.338 e. The normalized spacial score (nSPS) is 20.2. The molecule has 26 heavy (non-hydrogen) atoms. The van der Waals surface area contributed by atoms with Crippen LogP contribution in [-0.2, 0) is 14.3 Å². The zero-order chi connectivity index (χ0) is 18.8. The fourth-order valence-electron chi connectivity index (χ4n) is 3.09. The zero-order valence-corrected chi connectivity index (χ0v) is 14.6. The lowest BCUT2D eigenvalue weighted by Gasteiger charge is -2.35. The van der Waals surface area contributed by atoms with Crippen LogP contribution in [0.1, 0.15) is 31.4 Å². The second-order valence-corrected chi connectivity index (χ2v) is 6.25. The van der Waals surface area contributed by atoms with Crippen molar-refractivity contribution in [2.75, 3.05) is 20.3 Å². The van der Waals surface area contributed by atoms with Crippen molar-refractivity contribution in [2.24, 2.45) is 0 Å². The van der Waals surface area contributed by atoms with Gasteiger partial charge in [-0.15, -0.1) is 0 Å². The molecule has 140 valence electrons. The van der Waals surface area contributed by atoms with Crippen LogP contribution in [0.15, 0.2) is 29.5 Å². The molecule has 1 fully saturated rings. The Morgan fingerprint density at radius 3 is 2.50 bits per heavy atom. The molecule has 0 bridgehead atoms. The van der Waals surface area contributed by atoms with Gasteiger partial charge in [0.05, 0.1) is 23.8 Å². The maximum Gasteiger partial charge on any atom is 0.338 e. The summed E-state index contributed by atoms with van der Waals surface area (Å²) < 4.78 is 38.6. The summed E-state index contributed by atoms with van der Waals surface area (Å²) in [5.41, 5.74) is -0.00254. The zero-order valence-electron chi connectivity index (χ0n) is 14.6. The van der Waals surface area contributed by atoms with E-state index in [2.05, 4.69) is 5.32 Å². The molecule has 0 aromatic heterocycles. The SMILES string of the molecule is COCCOC(=O)C1=C(C)N(C2CC2)C(=O)N[C@@H]1c1c(F)cccc1F. The van der Waals surface area contributed by atoms with Gasteiger partial charge in [0.2, 0.25) is 0 Å². The van der Waals surface area contributed by atoms with Crippen molar-refractivity contribution < 1.29 is 27.8 Å². The highest BCUT2D eigenvalue weighted by Crippen LogP contribution is 2.39. The van der Waals surface area contributed by atoms with E-state index in [1.165, 1.54) is 18.1 Å². The Labute approximate surface area is 149 Å². The van der Waals surface area contributed by atoms with Crippen molar-refractivity contribution in [3.63, 3.8) is 0 Å². The third-order valence-electron chi connectivity index (χ3n) is 4.47. The summed E-state index contributed by atoms with van der Waals surface area (Å²) in [4.78, 5) is 26.6. The Morgan fingerprint density at radius 1 is 1.27 bits per heavy atom. The predicted molar refractivity (Wildman–Crippen MR) is 88.0 cm³/mol. The molecule has 1 saturated carbocycles. The molecule has 1 aromatic rings. The molecule has 0 radical (unpaired) electrons. The fourth-order valence-corrected chi connectivity index (χ4v) is 3.09. The number of halogens is 2. The number of methoxy groups -OCH3 is 1. The molecule has 1 N–H and O–H groups in total. The lowest BCUT2D eigenvalue weighted by atomic mass is 9.94. The molecule has 0 spiro atoms. The van der Waals surface area contributed by atoms with Crippen LogP contribution in [0.2, 0.25) is 0 Å². The van der Waals surface area contributed by atoms with Gasteiger partial charge in [0.25, 0.3) is 0 Å². The highest BCUT2D eigenvalue weighted by Gasteiger charge is 2.43. The van der Waals surface area contributed by atoms with E-state index in [1.54, 1.807) is 6.92 Å². The Bertz CT molecular complexity index is 741. The monoisotopic (exact) mass is 366 g/mol. The predicted octanol–water partition coefficient (Wildman–Crippen LogP) is 2.66. The number of nitrogens with one attached hydrogen (secondary N) is 1. The van der Waals surface area contributed by atoms with Crippen molar-refractivity contribution in [2.45, 2.75) is 31.8 Å². The van der Waals surface area contributed by atoms with Crippen LogP contribution in [0.25, 0.3) is 0 Å². The first kappa shape index (κ1) is 18.3. The van der Waals surface area contributed by atoms with Gasteiger partial charge in [-0.3, -0.25) is 4.90 Å². The second kappa shape index (κ2) is 7.41. The van der Waals surface area contributed by atoms with Crippen LogP contribution in [0.4, 0.5) is 13.6 Å². The number of hydrogen-bond donors (Lipinski definition) is 1. The maximum atomic E-state index is 14.3. The van der Waals surface area contributed by atoms with E-state index in [0.29, 0.717) is 5.70 Å². The number of nitrogens with zero attached hydrogens (tertiary/aromatic N) is 1. The summed E-state index contributed by atoms with van der Waals surface area (Å²) in [6, 6.07) is 1.65. The van der Waals surface area contributed by atoms with Crippen molar-refractivity contribution >= 4 is 12.0 Å². The van der Waals surface area contributed by atoms with Gasteiger partial charge >= 0.3 is 12.0 Å². The first-order chi connectivity index (χ1) is 12.5. The van der Waals surface area contributed by atoms with Crippen LogP contribution in [0, 0.1) is 11.6 Å². The minimum Gasteiger partial charge on any atom is -0.460 e. The van der Waals surface area contributed by atoms with Gasteiger partial charge in [0, 0.05) is 18.8 Å². The summed E-state index contributed by atoms with van der Waals surface area (Å²) in [5.74, 6) is -2.42. The Kier molecular flexibility index (Phi) is 5.22. The number of carbonyl (C=O) groups excluding carboxylic acids is 2. The molecule has 8 heteroatoms. The van der Waals surface area contributed by atoms with E-state index in [4.69, 9.17) is 9.47 Å². The third kappa shape index (κ3) is 3.41. The number of hydrogen-bond acceptors (Lipinski definition) is 4. The summed E-state index contributed by atoms with van der Waals surface area (Å²) in [6.45, 7) is 1.78. The third-order valence-corrected chi connectivity index (χ3v) is 4.47. The van der Waals surface area contributed by atoms with Gasteiger partial charge in [0.1, 0.15) is 18.2 Å². The van der Waals surface area contributed by atoms with E-state index < -0.39 is 29.7 Å². The van der Waals surface area contributed by atoms with Crippen molar-refractivity contribution in [1.82, 2.24) is 10.2 Å². The number of carbonyl (C=O) groups is 2. The number of ether oxygens (including phenoxy) is 2. The van der Waals surface area contributed by atoms with Crippen molar-refractivity contribution in [1.29, 1.82) is 0 Å². The summed E-state index contributed by atoms with van der Waals surface area (Å²) in [6.07, 6.45) is 1.63. The van der Waals surface area contributed by atoms with Crippen LogP contribution in [0.3, 0.4) is 0 Å². The van der Waals surface area contributed by atoms with Crippen LogP contribution in [-0.4, -0.2) is 43.3 Å². The first-order valence-corrected chi connectivity index (χ1v) is 8.36. The highest BCUT2D eigenvalue weighted by molar-refractivity contribution is 5.95. The number of amides is 2. The lowest BCUT2D eigenvalue weighted by molar-refractivity contribution is -0.140. The van der Waals surface area contributed by atoms with E-state index in [1.807, 2.05) is 0 Å². The molecule has 2 aliphatic rings. The molecule has 3 rings (SSSR count). The molecule has 1 atom stereocenters. The fraction of sp³-hybridized carbons (Fsp3) is 0.444. The van der Waals surface area contributed by atoms with Gasteiger partial charge in [-0.1, -0.05) is 6.07 Å². The highest BCUT2D eigenvalue weighted by atomic mass is 19.1. The number of allylic oxidation sites excluding steroid dienone is 1. The largest absolute Gasteiger partial charge is 0.460 e. The topological polar surface area (TPSA) is 67.9 Å². The molecule has 1 aromatic carbocycles. The molecule has 6 nitrogen and oxygen atoms in total. The number of rotatable bonds is 6. The Hall–Kier alpha value is -2.48. The quantitative estimate of drug-likeness (QED) is 0.621. The van der Waals surface area contributed by atoms with Gasteiger partial charge in [0.15, 0.2) is 0 Å². The standard InChI is InChI=1S/C18H20F2N2O4/c1-10-14(17(23)26-9-8-25-2)16(15-12(19)4-3-5-13(15)20)21-18(24)22(10)11-6-7-11/h3-5,11,16H,6-9H2,1-2H3,(H,21,24)/t16-/m0/s1. The van der Waals surface area contributed by atoms with E-state index in [-0.39, 0.29) is 30.4 Å². The second-order valence-electron chi connectivity index (χ2n) is 6.25. The van der Waals surface area contributed by atoms with Crippen molar-refractivity contribution in [3.8, 4) is 0 Å². The van der Waals surface area contributed by atoms with E-state index >= 15 is 0 Å². The van der Waals surface area contributed by atoms with E-state index in [9.17, 15) is 18.4 Å². The molecule has 0 unspecified atom stereocenters. The molecule has 1 aliphatic heterocycles. The number of esters is 1. The lowest BCUT2D eigenvalue weighted by Crippen LogP contribution is -2.49. The molecule has 0 saturated heterocycles. The Balaban J connectivity index is 2.03. The molecule has 2 amide bonds. The number of urea groups is 1. The molecular formula is C18H20F2N2O4. The molecule has 1 aliphatic carbocycles. The summed E-state index contributed by atoms with van der Waals surface area (Å²) in [7, 11) is 1.46. The van der Waals surface area contributed by atoms with Crippen LogP contribution >= 0.6 is 0 Å². The van der Waals surface area contributed by atoms with Gasteiger partial charge in [-0.2, -0.15) is 0 Å². The maximum absolute atomic E-state index is 14.3.